The summed E-state index contributed by atoms with van der Waals surface area (Å²) < 4.78 is 10.8. The number of aliphatic hydroxyl groups excluding tert-OH is 1. The predicted molar refractivity (Wildman–Crippen MR) is 78.2 cm³/mol. The second kappa shape index (κ2) is 5.85. The first-order chi connectivity index (χ1) is 10.2. The van der Waals surface area contributed by atoms with Crippen molar-refractivity contribution in [1.29, 1.82) is 0 Å². The fraction of sp³-hybridized carbons (Fsp3) is 0.500. The zero-order chi connectivity index (χ0) is 14.8. The van der Waals surface area contributed by atoms with Crippen LogP contribution in [0.4, 0.5) is 0 Å². The van der Waals surface area contributed by atoms with E-state index in [2.05, 4.69) is 10.1 Å². The van der Waals surface area contributed by atoms with Gasteiger partial charge in [0, 0.05) is 0 Å². The van der Waals surface area contributed by atoms with Gasteiger partial charge in [-0.05, 0) is 37.5 Å². The molecule has 1 N–H and O–H groups in total. The lowest BCUT2D eigenvalue weighted by molar-refractivity contribution is 0.0908. The molecule has 1 heterocycles. The van der Waals surface area contributed by atoms with Gasteiger partial charge < -0.3 is 14.4 Å². The van der Waals surface area contributed by atoms with Crippen molar-refractivity contribution in [2.24, 2.45) is 0 Å². The van der Waals surface area contributed by atoms with Gasteiger partial charge in [0.15, 0.2) is 0 Å². The van der Waals surface area contributed by atoms with E-state index in [0.29, 0.717) is 11.7 Å². The van der Waals surface area contributed by atoms with Gasteiger partial charge in [0.25, 0.3) is 0 Å². The summed E-state index contributed by atoms with van der Waals surface area (Å²) in [6.07, 6.45) is 3.47. The number of aryl methyl sites for hydroxylation is 1. The van der Waals surface area contributed by atoms with Gasteiger partial charge in [-0.1, -0.05) is 24.1 Å². The van der Waals surface area contributed by atoms with Crippen LogP contribution >= 0.6 is 0 Å². The lowest BCUT2D eigenvalue weighted by atomic mass is 9.86. The zero-order valence-electron chi connectivity index (χ0n) is 12.4. The highest BCUT2D eigenvalue weighted by Gasteiger charge is 2.29. The molecule has 21 heavy (non-hydrogen) atoms. The number of hydrogen-bond acceptors (Lipinski definition) is 5. The summed E-state index contributed by atoms with van der Waals surface area (Å²) in [5, 5.41) is 14.1. The molecule has 5 nitrogen and oxygen atoms in total. The summed E-state index contributed by atoms with van der Waals surface area (Å²) in [5.41, 5.74) is 1.92. The van der Waals surface area contributed by atoms with Crippen molar-refractivity contribution >= 4 is 0 Å². The average Bonchev–Trinajstić information content (AvgIpc) is 2.97. The molecule has 0 amide bonds. The molecule has 3 rings (SSSR count). The third-order valence-corrected chi connectivity index (χ3v) is 4.09. The molecule has 1 aliphatic rings. The zero-order valence-corrected chi connectivity index (χ0v) is 12.4. The van der Waals surface area contributed by atoms with Gasteiger partial charge in [-0.3, -0.25) is 0 Å². The highest BCUT2D eigenvalue weighted by molar-refractivity contribution is 5.64. The number of hydrogen-bond donors (Lipinski definition) is 1. The van der Waals surface area contributed by atoms with E-state index in [1.54, 1.807) is 7.11 Å². The Balaban J connectivity index is 1.91. The second-order valence-electron chi connectivity index (χ2n) is 5.62. The Kier molecular flexibility index (Phi) is 3.92. The van der Waals surface area contributed by atoms with E-state index >= 15 is 0 Å². The monoisotopic (exact) mass is 288 g/mol. The molecule has 0 spiro atoms. The van der Waals surface area contributed by atoms with Crippen LogP contribution < -0.4 is 4.74 Å². The highest BCUT2D eigenvalue weighted by atomic mass is 16.5. The number of nitrogens with zero attached hydrogens (tertiary/aromatic N) is 2. The third kappa shape index (κ3) is 2.78. The Morgan fingerprint density at radius 2 is 2.10 bits per heavy atom. The van der Waals surface area contributed by atoms with E-state index in [1.807, 2.05) is 25.1 Å². The molecule has 1 saturated carbocycles. The van der Waals surface area contributed by atoms with Crippen molar-refractivity contribution in [3.8, 4) is 17.1 Å². The minimum absolute atomic E-state index is 0.0450. The van der Waals surface area contributed by atoms with E-state index in [0.717, 1.165) is 42.6 Å². The summed E-state index contributed by atoms with van der Waals surface area (Å²) in [6, 6.07) is 5.87. The van der Waals surface area contributed by atoms with Gasteiger partial charge in [-0.15, -0.1) is 0 Å². The summed E-state index contributed by atoms with van der Waals surface area (Å²) in [7, 11) is 1.63. The van der Waals surface area contributed by atoms with Crippen LogP contribution in [0.5, 0.6) is 5.75 Å². The first kappa shape index (κ1) is 14.1. The van der Waals surface area contributed by atoms with E-state index in [-0.39, 0.29) is 12.0 Å². The van der Waals surface area contributed by atoms with E-state index < -0.39 is 0 Å². The molecule has 0 bridgehead atoms. The fourth-order valence-electron chi connectivity index (χ4n) is 2.88. The lowest BCUT2D eigenvalue weighted by Gasteiger charge is -2.24. The number of methoxy groups -OCH3 is 1. The van der Waals surface area contributed by atoms with Crippen LogP contribution in [-0.2, 0) is 0 Å². The first-order valence-electron chi connectivity index (χ1n) is 7.35. The van der Waals surface area contributed by atoms with Crippen molar-refractivity contribution in [2.75, 3.05) is 7.11 Å². The maximum absolute atomic E-state index is 10.1. The molecule has 5 heteroatoms. The smallest absolute Gasteiger partial charge is 0.232 e. The van der Waals surface area contributed by atoms with Gasteiger partial charge in [0.2, 0.25) is 11.7 Å². The van der Waals surface area contributed by atoms with Crippen LogP contribution in [0.25, 0.3) is 11.4 Å². The summed E-state index contributed by atoms with van der Waals surface area (Å²) in [4.78, 5) is 4.48. The predicted octanol–water partition coefficient (Wildman–Crippen LogP) is 3.07. The molecule has 2 atom stereocenters. The van der Waals surface area contributed by atoms with Crippen molar-refractivity contribution in [1.82, 2.24) is 10.1 Å². The van der Waals surface area contributed by atoms with Crippen molar-refractivity contribution in [2.45, 2.75) is 44.6 Å². The van der Waals surface area contributed by atoms with Crippen molar-refractivity contribution < 1.29 is 14.4 Å². The van der Waals surface area contributed by atoms with Gasteiger partial charge in [-0.2, -0.15) is 4.98 Å². The van der Waals surface area contributed by atoms with Crippen LogP contribution in [-0.4, -0.2) is 28.5 Å². The van der Waals surface area contributed by atoms with Crippen molar-refractivity contribution in [3.63, 3.8) is 0 Å². The Bertz CT molecular complexity index is 624. The molecule has 112 valence electrons. The Morgan fingerprint density at radius 1 is 1.29 bits per heavy atom. The number of ether oxygens (including phenoxy) is 1. The quantitative estimate of drug-likeness (QED) is 0.940. The average molecular weight is 288 g/mol. The molecule has 2 unspecified atom stereocenters. The van der Waals surface area contributed by atoms with E-state index in [4.69, 9.17) is 9.26 Å². The number of rotatable bonds is 3. The van der Waals surface area contributed by atoms with Crippen LogP contribution in [0.2, 0.25) is 0 Å². The molecule has 0 aliphatic heterocycles. The molecule has 2 aromatic rings. The Morgan fingerprint density at radius 3 is 2.86 bits per heavy atom. The Labute approximate surface area is 123 Å². The minimum Gasteiger partial charge on any atom is -0.496 e. The molecular weight excluding hydrogens is 268 g/mol. The third-order valence-electron chi connectivity index (χ3n) is 4.09. The SMILES string of the molecule is COc1cc(C)ccc1-c1noc(C2CCCCC2O)n1. The number of aromatic nitrogens is 2. The summed E-state index contributed by atoms with van der Waals surface area (Å²) in [6.45, 7) is 2.01. The molecule has 1 fully saturated rings. The van der Waals surface area contributed by atoms with Crippen LogP contribution in [0, 0.1) is 6.92 Å². The number of aliphatic hydroxyl groups is 1. The highest BCUT2D eigenvalue weighted by Crippen LogP contribution is 2.34. The molecule has 1 aromatic heterocycles. The van der Waals surface area contributed by atoms with E-state index in [9.17, 15) is 5.11 Å². The first-order valence-corrected chi connectivity index (χ1v) is 7.35. The van der Waals surface area contributed by atoms with Gasteiger partial charge in [-0.25, -0.2) is 0 Å². The Hall–Kier alpha value is -1.88. The van der Waals surface area contributed by atoms with Gasteiger partial charge >= 0.3 is 0 Å². The van der Waals surface area contributed by atoms with E-state index in [1.165, 1.54) is 0 Å². The fourth-order valence-corrected chi connectivity index (χ4v) is 2.88. The standard InChI is InChI=1S/C16H20N2O3/c1-10-7-8-12(14(9-10)20-2)15-17-16(21-18-15)11-5-3-4-6-13(11)19/h7-9,11,13,19H,3-6H2,1-2H3. The molecular formula is C16H20N2O3. The van der Waals surface area contributed by atoms with Gasteiger partial charge in [0.1, 0.15) is 5.75 Å². The molecule has 1 aromatic carbocycles. The molecule has 1 aliphatic carbocycles. The van der Waals surface area contributed by atoms with Crippen LogP contribution in [0.3, 0.4) is 0 Å². The second-order valence-corrected chi connectivity index (χ2v) is 5.62. The largest absolute Gasteiger partial charge is 0.496 e. The van der Waals surface area contributed by atoms with Gasteiger partial charge in [0.05, 0.1) is 24.7 Å². The molecule has 0 radical (unpaired) electrons. The van der Waals surface area contributed by atoms with Crippen molar-refractivity contribution in [3.05, 3.63) is 29.7 Å². The topological polar surface area (TPSA) is 68.4 Å². The summed E-state index contributed by atoms with van der Waals surface area (Å²) in [5.74, 6) is 1.72. The summed E-state index contributed by atoms with van der Waals surface area (Å²) >= 11 is 0. The van der Waals surface area contributed by atoms with Crippen LogP contribution in [0.15, 0.2) is 22.7 Å². The lowest BCUT2D eigenvalue weighted by Crippen LogP contribution is -2.22. The maximum Gasteiger partial charge on any atom is 0.232 e. The van der Waals surface area contributed by atoms with Crippen LogP contribution in [0.1, 0.15) is 43.1 Å². The normalized spacial score (nSPS) is 22.2. The minimum atomic E-state index is -0.382. The maximum atomic E-state index is 10.1. The molecule has 0 saturated heterocycles. The number of benzene rings is 1.